The summed E-state index contributed by atoms with van der Waals surface area (Å²) in [6.45, 7) is 2.75. The number of hydrogen-bond donors (Lipinski definition) is 1. The van der Waals surface area contributed by atoms with Crippen LogP contribution in [0.3, 0.4) is 0 Å². The molecule has 3 nitrogen and oxygen atoms in total. The molecule has 2 aromatic rings. The van der Waals surface area contributed by atoms with Crippen molar-refractivity contribution in [3.05, 3.63) is 52.6 Å². The third-order valence-electron chi connectivity index (χ3n) is 2.80. The van der Waals surface area contributed by atoms with E-state index >= 15 is 0 Å². The molecule has 0 aliphatic rings. The second-order valence-electron chi connectivity index (χ2n) is 4.05. The molecule has 0 saturated heterocycles. The van der Waals surface area contributed by atoms with Gasteiger partial charge in [-0.2, -0.15) is 5.10 Å². The predicted molar refractivity (Wildman–Crippen MR) is 70.1 cm³/mol. The van der Waals surface area contributed by atoms with E-state index in [9.17, 15) is 4.39 Å². The Morgan fingerprint density at radius 2 is 2.28 bits per heavy atom. The molecular formula is C13H15ClFN3. The lowest BCUT2D eigenvalue weighted by molar-refractivity contribution is 0.565. The van der Waals surface area contributed by atoms with Crippen LogP contribution < -0.4 is 5.32 Å². The van der Waals surface area contributed by atoms with Crippen molar-refractivity contribution < 1.29 is 4.39 Å². The number of hydrogen-bond acceptors (Lipinski definition) is 2. The molecular weight excluding hydrogens is 253 g/mol. The molecule has 1 heterocycles. The van der Waals surface area contributed by atoms with Gasteiger partial charge in [-0.25, -0.2) is 4.39 Å². The van der Waals surface area contributed by atoms with Gasteiger partial charge in [-0.15, -0.1) is 0 Å². The Kier molecular flexibility index (Phi) is 3.99. The lowest BCUT2D eigenvalue weighted by Gasteiger charge is -2.19. The molecule has 0 amide bonds. The quantitative estimate of drug-likeness (QED) is 0.923. The van der Waals surface area contributed by atoms with E-state index in [1.807, 2.05) is 20.0 Å². The monoisotopic (exact) mass is 267 g/mol. The Balaban J connectivity index is 2.46. The predicted octanol–water partition coefficient (Wildman–Crippen LogP) is 2.91. The summed E-state index contributed by atoms with van der Waals surface area (Å²) in [5, 5.41) is 7.99. The average molecular weight is 268 g/mol. The summed E-state index contributed by atoms with van der Waals surface area (Å²) in [4.78, 5) is 0. The van der Waals surface area contributed by atoms with Crippen LogP contribution in [0.25, 0.3) is 0 Å². The Morgan fingerprint density at radius 1 is 1.50 bits per heavy atom. The van der Waals surface area contributed by atoms with Gasteiger partial charge in [0.2, 0.25) is 0 Å². The lowest BCUT2D eigenvalue weighted by atomic mass is 10.0. The molecule has 1 aromatic heterocycles. The van der Waals surface area contributed by atoms with Crippen molar-refractivity contribution >= 4 is 11.6 Å². The van der Waals surface area contributed by atoms with Crippen LogP contribution in [0.5, 0.6) is 0 Å². The number of nitrogens with zero attached hydrogens (tertiary/aromatic N) is 2. The van der Waals surface area contributed by atoms with Gasteiger partial charge in [-0.05, 0) is 24.2 Å². The van der Waals surface area contributed by atoms with Crippen molar-refractivity contribution in [2.45, 2.75) is 13.0 Å². The van der Waals surface area contributed by atoms with E-state index in [0.29, 0.717) is 5.02 Å². The van der Waals surface area contributed by atoms with E-state index in [-0.39, 0.29) is 11.9 Å². The maximum Gasteiger partial charge on any atom is 0.123 e. The van der Waals surface area contributed by atoms with E-state index in [4.69, 9.17) is 11.6 Å². The molecule has 18 heavy (non-hydrogen) atoms. The number of aromatic nitrogens is 2. The summed E-state index contributed by atoms with van der Waals surface area (Å²) >= 11 is 6.15. The van der Waals surface area contributed by atoms with Crippen molar-refractivity contribution in [1.29, 1.82) is 0 Å². The highest BCUT2D eigenvalue weighted by Gasteiger charge is 2.20. The van der Waals surface area contributed by atoms with Crippen molar-refractivity contribution in [3.8, 4) is 0 Å². The molecule has 96 valence electrons. The Morgan fingerprint density at radius 3 is 2.83 bits per heavy atom. The normalized spacial score (nSPS) is 12.7. The highest BCUT2D eigenvalue weighted by atomic mass is 35.5. The van der Waals surface area contributed by atoms with Gasteiger partial charge in [0.15, 0.2) is 0 Å². The first-order valence-corrected chi connectivity index (χ1v) is 6.17. The Labute approximate surface area is 111 Å². The van der Waals surface area contributed by atoms with Crippen LogP contribution in [0, 0.1) is 5.82 Å². The third-order valence-corrected chi connectivity index (χ3v) is 3.09. The molecule has 0 saturated carbocycles. The molecule has 1 N–H and O–H groups in total. The first kappa shape index (κ1) is 13.1. The molecule has 1 aromatic carbocycles. The zero-order chi connectivity index (χ0) is 13.1. The lowest BCUT2D eigenvalue weighted by Crippen LogP contribution is -2.24. The summed E-state index contributed by atoms with van der Waals surface area (Å²) in [6, 6.07) is 6.35. The Bertz CT molecular complexity index is 519. The molecule has 0 aliphatic carbocycles. The van der Waals surface area contributed by atoms with E-state index in [2.05, 4.69) is 10.4 Å². The van der Waals surface area contributed by atoms with Gasteiger partial charge in [0.05, 0.1) is 23.0 Å². The van der Waals surface area contributed by atoms with E-state index in [1.165, 1.54) is 12.1 Å². The van der Waals surface area contributed by atoms with Crippen molar-refractivity contribution in [3.63, 3.8) is 0 Å². The van der Waals surface area contributed by atoms with Crippen LogP contribution in [0.2, 0.25) is 5.02 Å². The highest BCUT2D eigenvalue weighted by Crippen LogP contribution is 2.27. The molecule has 2 rings (SSSR count). The molecule has 1 unspecified atom stereocenters. The van der Waals surface area contributed by atoms with Crippen molar-refractivity contribution in [1.82, 2.24) is 15.1 Å². The number of rotatable bonds is 4. The molecule has 0 aliphatic heterocycles. The summed E-state index contributed by atoms with van der Waals surface area (Å²) in [5.41, 5.74) is 1.67. The standard InChI is InChI=1S/C13H15ClFN3/c1-3-16-12(9-5-4-6-10(15)7-9)13-11(14)8-17-18(13)2/h4-8,12,16H,3H2,1-2H3. The minimum atomic E-state index is -0.256. The summed E-state index contributed by atoms with van der Waals surface area (Å²) in [6.07, 6.45) is 1.60. The zero-order valence-electron chi connectivity index (χ0n) is 10.3. The van der Waals surface area contributed by atoms with Crippen LogP contribution in [0.1, 0.15) is 24.2 Å². The zero-order valence-corrected chi connectivity index (χ0v) is 11.1. The van der Waals surface area contributed by atoms with Crippen molar-refractivity contribution in [2.75, 3.05) is 6.54 Å². The van der Waals surface area contributed by atoms with Gasteiger partial charge >= 0.3 is 0 Å². The minimum absolute atomic E-state index is 0.161. The van der Waals surface area contributed by atoms with E-state index in [0.717, 1.165) is 17.8 Å². The molecule has 0 radical (unpaired) electrons. The van der Waals surface area contributed by atoms with Crippen LogP contribution in [-0.4, -0.2) is 16.3 Å². The highest BCUT2D eigenvalue weighted by molar-refractivity contribution is 6.31. The second-order valence-corrected chi connectivity index (χ2v) is 4.45. The fraction of sp³-hybridized carbons (Fsp3) is 0.308. The Hall–Kier alpha value is -1.39. The first-order chi connectivity index (χ1) is 8.63. The minimum Gasteiger partial charge on any atom is -0.305 e. The van der Waals surface area contributed by atoms with E-state index < -0.39 is 0 Å². The number of benzene rings is 1. The van der Waals surface area contributed by atoms with Crippen LogP contribution >= 0.6 is 11.6 Å². The fourth-order valence-corrected chi connectivity index (χ4v) is 2.28. The summed E-state index contributed by atoms with van der Waals surface area (Å²) in [7, 11) is 1.82. The molecule has 0 bridgehead atoms. The van der Waals surface area contributed by atoms with Crippen LogP contribution in [0.15, 0.2) is 30.5 Å². The van der Waals surface area contributed by atoms with Crippen LogP contribution in [-0.2, 0) is 7.05 Å². The largest absolute Gasteiger partial charge is 0.305 e. The molecule has 1 atom stereocenters. The smallest absolute Gasteiger partial charge is 0.123 e. The molecule has 0 spiro atoms. The maximum atomic E-state index is 13.3. The number of nitrogens with one attached hydrogen (secondary N) is 1. The SMILES string of the molecule is CCNC(c1cccc(F)c1)c1c(Cl)cnn1C. The van der Waals surface area contributed by atoms with Gasteiger partial charge in [0, 0.05) is 7.05 Å². The molecule has 0 fully saturated rings. The topological polar surface area (TPSA) is 29.9 Å². The summed E-state index contributed by atoms with van der Waals surface area (Å²) < 4.78 is 15.0. The van der Waals surface area contributed by atoms with Gasteiger partial charge in [-0.1, -0.05) is 30.7 Å². The third kappa shape index (κ3) is 2.54. The summed E-state index contributed by atoms with van der Waals surface area (Å²) in [5.74, 6) is -0.256. The second kappa shape index (κ2) is 5.50. The van der Waals surface area contributed by atoms with Gasteiger partial charge in [0.1, 0.15) is 5.82 Å². The average Bonchev–Trinajstić information content (AvgIpc) is 2.67. The maximum absolute atomic E-state index is 13.3. The van der Waals surface area contributed by atoms with Gasteiger partial charge < -0.3 is 5.32 Å². The van der Waals surface area contributed by atoms with Crippen molar-refractivity contribution in [2.24, 2.45) is 7.05 Å². The first-order valence-electron chi connectivity index (χ1n) is 5.79. The van der Waals surface area contributed by atoms with Crippen LogP contribution in [0.4, 0.5) is 4.39 Å². The van der Waals surface area contributed by atoms with Gasteiger partial charge in [0.25, 0.3) is 0 Å². The molecule has 5 heteroatoms. The fourth-order valence-electron chi connectivity index (χ4n) is 2.01. The number of aryl methyl sites for hydroxylation is 1. The van der Waals surface area contributed by atoms with Gasteiger partial charge in [-0.3, -0.25) is 4.68 Å². The number of halogens is 2. The van der Waals surface area contributed by atoms with E-state index in [1.54, 1.807) is 16.9 Å².